The average Bonchev–Trinajstić information content (AvgIpc) is 2.39. The lowest BCUT2D eigenvalue weighted by atomic mass is 10.2. The van der Waals surface area contributed by atoms with Crippen molar-refractivity contribution in [2.45, 2.75) is 39.7 Å². The van der Waals surface area contributed by atoms with Gasteiger partial charge in [0.1, 0.15) is 17.5 Å². The van der Waals surface area contributed by atoms with Gasteiger partial charge in [-0.3, -0.25) is 0 Å². The maximum atomic E-state index is 4.58. The standard InChI is InChI=1S/C14H25N5/c1-4-5-6-16-13-9-14(18-12(3)17-13)19-8-7-15-10-11(19)2/h9,11,15H,4-8,10H2,1-3H3,(H,16,17,18). The van der Waals surface area contributed by atoms with Gasteiger partial charge in [-0.15, -0.1) is 0 Å². The summed E-state index contributed by atoms with van der Waals surface area (Å²) in [7, 11) is 0. The highest BCUT2D eigenvalue weighted by atomic mass is 15.3. The first-order chi connectivity index (χ1) is 9.20. The molecule has 0 radical (unpaired) electrons. The summed E-state index contributed by atoms with van der Waals surface area (Å²) in [4.78, 5) is 11.4. The molecule has 0 bridgehead atoms. The van der Waals surface area contributed by atoms with E-state index in [4.69, 9.17) is 0 Å². The van der Waals surface area contributed by atoms with Crippen LogP contribution >= 0.6 is 0 Å². The number of piperazine rings is 1. The maximum absolute atomic E-state index is 4.58. The Bertz CT molecular complexity index is 407. The van der Waals surface area contributed by atoms with Crippen molar-refractivity contribution in [3.8, 4) is 0 Å². The van der Waals surface area contributed by atoms with E-state index in [9.17, 15) is 0 Å². The van der Waals surface area contributed by atoms with Gasteiger partial charge >= 0.3 is 0 Å². The number of nitrogens with one attached hydrogen (secondary N) is 2. The molecule has 2 N–H and O–H groups in total. The molecule has 0 aromatic carbocycles. The molecule has 1 aliphatic rings. The van der Waals surface area contributed by atoms with Gasteiger partial charge in [0, 0.05) is 38.3 Å². The molecule has 0 amide bonds. The normalized spacial score (nSPS) is 19.5. The third-order valence-corrected chi connectivity index (χ3v) is 3.46. The number of aryl methyl sites for hydroxylation is 1. The molecule has 0 saturated carbocycles. The number of nitrogens with zero attached hydrogens (tertiary/aromatic N) is 3. The van der Waals surface area contributed by atoms with Gasteiger partial charge in [-0.05, 0) is 20.3 Å². The van der Waals surface area contributed by atoms with Gasteiger partial charge in [0.15, 0.2) is 0 Å². The molecule has 2 rings (SSSR count). The monoisotopic (exact) mass is 263 g/mol. The number of rotatable bonds is 5. The molecule has 106 valence electrons. The van der Waals surface area contributed by atoms with Gasteiger partial charge in [0.05, 0.1) is 0 Å². The van der Waals surface area contributed by atoms with Gasteiger partial charge in [-0.25, -0.2) is 9.97 Å². The van der Waals surface area contributed by atoms with Crippen LogP contribution in [0, 0.1) is 6.92 Å². The number of hydrogen-bond donors (Lipinski definition) is 2. The van der Waals surface area contributed by atoms with Crippen molar-refractivity contribution >= 4 is 11.6 Å². The van der Waals surface area contributed by atoms with Crippen molar-refractivity contribution in [1.82, 2.24) is 15.3 Å². The molecule has 0 spiro atoms. The van der Waals surface area contributed by atoms with Crippen molar-refractivity contribution in [3.63, 3.8) is 0 Å². The SMILES string of the molecule is CCCCNc1cc(N2CCNCC2C)nc(C)n1. The summed E-state index contributed by atoms with van der Waals surface area (Å²) in [5, 5.41) is 6.79. The van der Waals surface area contributed by atoms with Gasteiger partial charge in [0.25, 0.3) is 0 Å². The second-order valence-corrected chi connectivity index (χ2v) is 5.19. The van der Waals surface area contributed by atoms with Crippen molar-refractivity contribution in [1.29, 1.82) is 0 Å². The van der Waals surface area contributed by atoms with E-state index in [1.165, 1.54) is 12.8 Å². The fourth-order valence-electron chi connectivity index (χ4n) is 2.36. The van der Waals surface area contributed by atoms with Crippen molar-refractivity contribution in [2.75, 3.05) is 36.4 Å². The fourth-order valence-corrected chi connectivity index (χ4v) is 2.36. The van der Waals surface area contributed by atoms with E-state index < -0.39 is 0 Å². The van der Waals surface area contributed by atoms with E-state index in [1.54, 1.807) is 0 Å². The predicted molar refractivity (Wildman–Crippen MR) is 79.8 cm³/mol. The van der Waals surface area contributed by atoms with Crippen LogP contribution in [0.3, 0.4) is 0 Å². The zero-order chi connectivity index (χ0) is 13.7. The van der Waals surface area contributed by atoms with Crippen molar-refractivity contribution < 1.29 is 0 Å². The van der Waals surface area contributed by atoms with Crippen LogP contribution in [0.2, 0.25) is 0 Å². The summed E-state index contributed by atoms with van der Waals surface area (Å²) in [6, 6.07) is 2.55. The Morgan fingerprint density at radius 3 is 3.05 bits per heavy atom. The molecule has 5 heteroatoms. The number of unbranched alkanes of at least 4 members (excludes halogenated alkanes) is 1. The summed E-state index contributed by atoms with van der Waals surface area (Å²) < 4.78 is 0. The Hall–Kier alpha value is -1.36. The highest BCUT2D eigenvalue weighted by molar-refractivity contribution is 5.50. The van der Waals surface area contributed by atoms with Crippen LogP contribution in [0.4, 0.5) is 11.6 Å². The molecule has 1 saturated heterocycles. The lowest BCUT2D eigenvalue weighted by Crippen LogP contribution is -2.50. The second kappa shape index (κ2) is 6.70. The number of anilines is 2. The molecule has 5 nitrogen and oxygen atoms in total. The van der Waals surface area contributed by atoms with Gasteiger partial charge in [-0.2, -0.15) is 0 Å². The third kappa shape index (κ3) is 3.80. The second-order valence-electron chi connectivity index (χ2n) is 5.19. The van der Waals surface area contributed by atoms with E-state index in [0.29, 0.717) is 6.04 Å². The zero-order valence-electron chi connectivity index (χ0n) is 12.2. The Morgan fingerprint density at radius 1 is 1.47 bits per heavy atom. The quantitative estimate of drug-likeness (QED) is 0.793. The van der Waals surface area contributed by atoms with Crippen LogP contribution in [0.15, 0.2) is 6.07 Å². The van der Waals surface area contributed by atoms with E-state index in [1.807, 2.05) is 6.92 Å². The molecule has 1 aromatic rings. The summed E-state index contributed by atoms with van der Waals surface area (Å²) in [5.74, 6) is 2.82. The number of aromatic nitrogens is 2. The minimum absolute atomic E-state index is 0.478. The van der Waals surface area contributed by atoms with E-state index in [2.05, 4.69) is 45.4 Å². The topological polar surface area (TPSA) is 53.1 Å². The maximum Gasteiger partial charge on any atom is 0.134 e. The van der Waals surface area contributed by atoms with E-state index in [-0.39, 0.29) is 0 Å². The Morgan fingerprint density at radius 2 is 2.32 bits per heavy atom. The Balaban J connectivity index is 2.11. The van der Waals surface area contributed by atoms with Gasteiger partial charge < -0.3 is 15.5 Å². The molecular weight excluding hydrogens is 238 g/mol. The minimum Gasteiger partial charge on any atom is -0.370 e. The Labute approximate surface area is 115 Å². The lowest BCUT2D eigenvalue weighted by Gasteiger charge is -2.35. The van der Waals surface area contributed by atoms with Crippen LogP contribution in [0.1, 0.15) is 32.5 Å². The third-order valence-electron chi connectivity index (χ3n) is 3.46. The molecule has 1 aromatic heterocycles. The summed E-state index contributed by atoms with van der Waals surface area (Å²) in [6.07, 6.45) is 2.36. The highest BCUT2D eigenvalue weighted by Gasteiger charge is 2.20. The molecule has 1 aliphatic heterocycles. The zero-order valence-corrected chi connectivity index (χ0v) is 12.2. The van der Waals surface area contributed by atoms with Crippen LogP contribution in [-0.2, 0) is 0 Å². The molecule has 0 aliphatic carbocycles. The molecule has 19 heavy (non-hydrogen) atoms. The van der Waals surface area contributed by atoms with Gasteiger partial charge in [0.2, 0.25) is 0 Å². The molecular formula is C14H25N5. The van der Waals surface area contributed by atoms with Crippen LogP contribution in [-0.4, -0.2) is 42.2 Å². The van der Waals surface area contributed by atoms with Crippen molar-refractivity contribution in [3.05, 3.63) is 11.9 Å². The minimum atomic E-state index is 0.478. The largest absolute Gasteiger partial charge is 0.370 e. The molecule has 1 unspecified atom stereocenters. The van der Waals surface area contributed by atoms with Crippen LogP contribution < -0.4 is 15.5 Å². The Kier molecular flexibility index (Phi) is 4.96. The lowest BCUT2D eigenvalue weighted by molar-refractivity contribution is 0.496. The first kappa shape index (κ1) is 14.1. The average molecular weight is 263 g/mol. The molecule has 2 heterocycles. The first-order valence-corrected chi connectivity index (χ1v) is 7.27. The summed E-state index contributed by atoms with van der Waals surface area (Å²) in [5.41, 5.74) is 0. The predicted octanol–water partition coefficient (Wildman–Crippen LogP) is 1.80. The number of hydrogen-bond acceptors (Lipinski definition) is 5. The summed E-state index contributed by atoms with van der Waals surface area (Å²) in [6.45, 7) is 10.4. The smallest absolute Gasteiger partial charge is 0.134 e. The van der Waals surface area contributed by atoms with E-state index >= 15 is 0 Å². The highest BCUT2D eigenvalue weighted by Crippen LogP contribution is 2.19. The molecule has 1 atom stereocenters. The van der Waals surface area contributed by atoms with Gasteiger partial charge in [-0.1, -0.05) is 13.3 Å². The van der Waals surface area contributed by atoms with Crippen LogP contribution in [0.5, 0.6) is 0 Å². The first-order valence-electron chi connectivity index (χ1n) is 7.27. The fraction of sp³-hybridized carbons (Fsp3) is 0.714. The molecule has 1 fully saturated rings. The van der Waals surface area contributed by atoms with Crippen molar-refractivity contribution in [2.24, 2.45) is 0 Å². The van der Waals surface area contributed by atoms with Crippen LogP contribution in [0.25, 0.3) is 0 Å². The summed E-state index contributed by atoms with van der Waals surface area (Å²) >= 11 is 0. The van der Waals surface area contributed by atoms with E-state index in [0.717, 1.165) is 43.6 Å².